The number of halogens is 6. The molecule has 0 atom stereocenters. The van der Waals surface area contributed by atoms with E-state index in [-0.39, 0.29) is 0 Å². The van der Waals surface area contributed by atoms with Crippen molar-refractivity contribution in [3.05, 3.63) is 54.3 Å². The molecule has 0 radical (unpaired) electrons. The Kier molecular flexibility index (Phi) is 7.30. The van der Waals surface area contributed by atoms with E-state index in [9.17, 15) is 43.2 Å². The third-order valence-electron chi connectivity index (χ3n) is 2.98. The second-order valence-corrected chi connectivity index (χ2v) is 8.91. The van der Waals surface area contributed by atoms with Crippen molar-refractivity contribution in [2.24, 2.45) is 0 Å². The first-order valence-electron chi connectivity index (χ1n) is 7.13. The molecule has 0 unspecified atom stereocenters. The summed E-state index contributed by atoms with van der Waals surface area (Å²) >= 11 is 0. The smallest absolute Gasteiger partial charge is 0.344 e. The number of rotatable bonds is 3. The van der Waals surface area contributed by atoms with Gasteiger partial charge in [-0.2, -0.15) is 26.3 Å². The number of benzene rings is 1. The van der Waals surface area contributed by atoms with Crippen molar-refractivity contribution in [3.8, 4) is 0 Å². The van der Waals surface area contributed by atoms with Gasteiger partial charge in [-0.1, -0.05) is 34.0 Å². The Morgan fingerprint density at radius 1 is 0.893 bits per heavy atom. The lowest BCUT2D eigenvalue weighted by Crippen LogP contribution is -2.45. The van der Waals surface area contributed by atoms with Crippen molar-refractivity contribution in [2.45, 2.75) is 17.9 Å². The van der Waals surface area contributed by atoms with Crippen molar-refractivity contribution >= 4 is 25.7 Å². The molecule has 1 heterocycles. The van der Waals surface area contributed by atoms with Gasteiger partial charge >= 0.3 is 31.1 Å². The fourth-order valence-corrected chi connectivity index (χ4v) is 3.63. The Labute approximate surface area is 157 Å². The van der Waals surface area contributed by atoms with Crippen LogP contribution in [0.2, 0.25) is 0 Å². The van der Waals surface area contributed by atoms with E-state index >= 15 is 0 Å². The molecule has 2 rings (SSSR count). The maximum atomic E-state index is 11.5. The van der Waals surface area contributed by atoms with Gasteiger partial charge in [-0.3, -0.25) is 0 Å². The van der Waals surface area contributed by atoms with Gasteiger partial charge < -0.3 is 4.90 Å². The summed E-state index contributed by atoms with van der Waals surface area (Å²) in [5.41, 5.74) is -9.64. The monoisotopic (exact) mass is 452 g/mol. The van der Waals surface area contributed by atoms with Crippen LogP contribution in [0.4, 0.5) is 32.0 Å². The lowest BCUT2D eigenvalue weighted by Gasteiger charge is -2.23. The van der Waals surface area contributed by atoms with Crippen LogP contribution in [0, 0.1) is 0 Å². The molecule has 1 N–H and O–H groups in total. The number of nitrogens with zero attached hydrogens (tertiary/aromatic N) is 1. The summed E-state index contributed by atoms with van der Waals surface area (Å²) < 4.78 is 108. The quantitative estimate of drug-likeness (QED) is 0.712. The van der Waals surface area contributed by atoms with Crippen LogP contribution in [0.5, 0.6) is 0 Å². The minimum atomic E-state index is -6.60. The first kappa shape index (κ1) is 24.0. The average molecular weight is 452 g/mol. The molecule has 6 nitrogen and oxygen atoms in total. The van der Waals surface area contributed by atoms with Crippen LogP contribution < -0.4 is 9.03 Å². The fourth-order valence-electron chi connectivity index (χ4n) is 1.72. The van der Waals surface area contributed by atoms with E-state index < -0.39 is 35.2 Å². The fraction of sp³-hybridized carbons (Fsp3) is 0.286. The SMILES string of the molecule is CC1=CC=CN(c2ccccc2)C1.O=S(=O)(NS(=O)(=O)C(F)(F)F)C(F)(F)F. The molecule has 0 bridgehead atoms. The number of para-hydroxylation sites is 1. The van der Waals surface area contributed by atoms with E-state index in [0.717, 1.165) is 6.54 Å². The highest BCUT2D eigenvalue weighted by Crippen LogP contribution is 2.27. The van der Waals surface area contributed by atoms with Gasteiger partial charge in [-0.25, -0.2) is 16.8 Å². The number of hydrogen-bond acceptors (Lipinski definition) is 5. The predicted molar refractivity (Wildman–Crippen MR) is 89.8 cm³/mol. The standard InChI is InChI=1S/C12H13N.C2HF6NO4S2/c1-11-6-5-9-13(10-11)12-7-3-2-4-8-12;3-1(4,5)14(10,11)9-15(12,13)2(6,7)8/h2-9H,10H2,1H3;9H. The van der Waals surface area contributed by atoms with Crippen LogP contribution in [-0.2, 0) is 20.0 Å². The maximum Gasteiger partial charge on any atom is 0.512 e. The summed E-state index contributed by atoms with van der Waals surface area (Å²) in [4.78, 5) is 2.25. The molecular weight excluding hydrogens is 438 g/mol. The second-order valence-electron chi connectivity index (χ2n) is 5.30. The van der Waals surface area contributed by atoms with Gasteiger partial charge in [0.25, 0.3) is 0 Å². The number of hydrogen-bond donors (Lipinski definition) is 1. The third kappa shape index (κ3) is 6.53. The van der Waals surface area contributed by atoms with Gasteiger partial charge in [0.1, 0.15) is 0 Å². The first-order chi connectivity index (χ1) is 12.6. The lowest BCUT2D eigenvalue weighted by molar-refractivity contribution is -0.0476. The van der Waals surface area contributed by atoms with Gasteiger partial charge in [-0.05, 0) is 25.1 Å². The largest absolute Gasteiger partial charge is 0.512 e. The van der Waals surface area contributed by atoms with Crippen molar-refractivity contribution in [1.82, 2.24) is 4.13 Å². The molecule has 0 fully saturated rings. The third-order valence-corrected chi connectivity index (χ3v) is 5.96. The van der Waals surface area contributed by atoms with E-state index in [1.54, 1.807) is 0 Å². The van der Waals surface area contributed by atoms with Crippen molar-refractivity contribution < 1.29 is 43.2 Å². The topological polar surface area (TPSA) is 83.6 Å². The summed E-state index contributed by atoms with van der Waals surface area (Å²) in [5, 5.41) is 0. The maximum absolute atomic E-state index is 11.5. The zero-order valence-electron chi connectivity index (χ0n) is 14.0. The number of sulfonamides is 2. The second kappa shape index (κ2) is 8.53. The molecule has 14 heteroatoms. The Morgan fingerprint density at radius 2 is 1.36 bits per heavy atom. The van der Waals surface area contributed by atoms with Gasteiger partial charge in [-0.15, -0.1) is 0 Å². The molecule has 0 saturated heterocycles. The molecule has 28 heavy (non-hydrogen) atoms. The molecular formula is C14H14F6N2O4S2. The molecule has 0 spiro atoms. The minimum Gasteiger partial charge on any atom is -0.344 e. The zero-order valence-corrected chi connectivity index (χ0v) is 15.6. The van der Waals surface area contributed by atoms with Gasteiger partial charge in [0.05, 0.1) is 0 Å². The molecule has 0 aromatic heterocycles. The van der Waals surface area contributed by atoms with E-state index in [1.165, 1.54) is 11.3 Å². The van der Waals surface area contributed by atoms with Crippen LogP contribution in [0.25, 0.3) is 0 Å². The van der Waals surface area contributed by atoms with E-state index in [1.807, 2.05) is 6.07 Å². The van der Waals surface area contributed by atoms with Crippen molar-refractivity contribution in [3.63, 3.8) is 0 Å². The Morgan fingerprint density at radius 3 is 1.75 bits per heavy atom. The summed E-state index contributed by atoms with van der Waals surface area (Å²) in [5.74, 6) is 0. The van der Waals surface area contributed by atoms with E-state index in [2.05, 4.69) is 54.4 Å². The van der Waals surface area contributed by atoms with Crippen LogP contribution in [0.1, 0.15) is 6.92 Å². The van der Waals surface area contributed by atoms with Crippen LogP contribution in [0.3, 0.4) is 0 Å². The van der Waals surface area contributed by atoms with Gasteiger partial charge in [0.15, 0.2) is 0 Å². The Bertz CT molecular complexity index is 894. The highest BCUT2D eigenvalue weighted by molar-refractivity contribution is 8.05. The van der Waals surface area contributed by atoms with Crippen LogP contribution >= 0.6 is 0 Å². The summed E-state index contributed by atoms with van der Waals surface area (Å²) in [6.45, 7) is 3.15. The molecule has 0 saturated carbocycles. The number of allylic oxidation sites excluding steroid dienone is 2. The molecule has 0 amide bonds. The number of anilines is 1. The molecule has 158 valence electrons. The van der Waals surface area contributed by atoms with Crippen molar-refractivity contribution in [1.29, 1.82) is 0 Å². The Hall–Kier alpha value is -2.06. The number of nitrogens with one attached hydrogen (secondary N) is 1. The highest BCUT2D eigenvalue weighted by Gasteiger charge is 2.55. The van der Waals surface area contributed by atoms with Gasteiger partial charge in [0.2, 0.25) is 0 Å². The zero-order chi connectivity index (χ0) is 21.8. The van der Waals surface area contributed by atoms with Gasteiger partial charge in [0, 0.05) is 18.4 Å². The minimum absolute atomic E-state index is 0.493. The lowest BCUT2D eigenvalue weighted by atomic mass is 10.2. The average Bonchev–Trinajstić information content (AvgIpc) is 2.53. The molecule has 0 aliphatic carbocycles. The Balaban J connectivity index is 0.000000281. The molecule has 1 aliphatic heterocycles. The normalized spacial score (nSPS) is 15.5. The summed E-state index contributed by atoms with van der Waals surface area (Å²) in [6, 6.07) is 10.4. The van der Waals surface area contributed by atoms with Crippen LogP contribution in [-0.4, -0.2) is 34.4 Å². The van der Waals surface area contributed by atoms with E-state index in [4.69, 9.17) is 0 Å². The molecule has 1 aromatic rings. The molecule has 1 aromatic carbocycles. The number of alkyl halides is 6. The van der Waals surface area contributed by atoms with E-state index in [0.29, 0.717) is 0 Å². The van der Waals surface area contributed by atoms with Crippen LogP contribution in [0.15, 0.2) is 54.3 Å². The molecule has 1 aliphatic rings. The predicted octanol–water partition coefficient (Wildman–Crippen LogP) is 3.24. The summed E-state index contributed by atoms with van der Waals surface area (Å²) in [7, 11) is -13.2. The van der Waals surface area contributed by atoms with Crippen molar-refractivity contribution in [2.75, 3.05) is 11.4 Å². The summed E-state index contributed by atoms with van der Waals surface area (Å²) in [6.07, 6.45) is 6.35. The highest BCUT2D eigenvalue weighted by atomic mass is 32.3. The first-order valence-corrected chi connectivity index (χ1v) is 10.1.